The molecule has 0 aromatic heterocycles. The van der Waals surface area contributed by atoms with Crippen LogP contribution in [0.3, 0.4) is 0 Å². The normalized spacial score (nSPS) is 11.5. The second kappa shape index (κ2) is 5.04. The molecule has 0 N–H and O–H groups in total. The first-order valence-electron chi connectivity index (χ1n) is 4.81. The maximum Gasteiger partial charge on any atom is 0.148 e. The zero-order valence-electron chi connectivity index (χ0n) is 9.21. The lowest BCUT2D eigenvalue weighted by Crippen LogP contribution is -2.21. The van der Waals surface area contributed by atoms with Crippen LogP contribution in [0, 0.1) is 5.41 Å². The van der Waals surface area contributed by atoms with E-state index in [2.05, 4.69) is 0 Å². The van der Waals surface area contributed by atoms with E-state index in [9.17, 15) is 4.79 Å². The molecule has 1 nitrogen and oxygen atoms in total. The Morgan fingerprint density at radius 1 is 1.40 bits per heavy atom. The second-order valence-corrected chi connectivity index (χ2v) is 5.90. The summed E-state index contributed by atoms with van der Waals surface area (Å²) in [4.78, 5) is 12.7. The van der Waals surface area contributed by atoms with Crippen molar-refractivity contribution in [3.05, 3.63) is 29.3 Å². The molecule has 0 bridgehead atoms. The summed E-state index contributed by atoms with van der Waals surface area (Å²) in [7, 11) is 0. The number of hydrogen-bond acceptors (Lipinski definition) is 2. The van der Waals surface area contributed by atoms with Crippen molar-refractivity contribution in [3.8, 4) is 0 Å². The fraction of sp³-hybridized carbons (Fsp3) is 0.417. The van der Waals surface area contributed by atoms with Crippen LogP contribution in [-0.2, 0) is 4.79 Å². The van der Waals surface area contributed by atoms with E-state index in [1.165, 1.54) is 11.8 Å². The van der Waals surface area contributed by atoms with E-state index in [4.69, 9.17) is 11.6 Å². The van der Waals surface area contributed by atoms with Gasteiger partial charge in [0.1, 0.15) is 5.78 Å². The van der Waals surface area contributed by atoms with Crippen molar-refractivity contribution in [2.45, 2.75) is 25.7 Å². The number of halogens is 1. The summed E-state index contributed by atoms with van der Waals surface area (Å²) in [6.45, 7) is 5.82. The maximum absolute atomic E-state index is 11.7. The number of thioether (sulfide) groups is 1. The van der Waals surface area contributed by atoms with Crippen LogP contribution in [0.4, 0.5) is 0 Å². The summed E-state index contributed by atoms with van der Waals surface area (Å²) >= 11 is 7.39. The minimum Gasteiger partial charge on any atom is -0.298 e. The summed E-state index contributed by atoms with van der Waals surface area (Å²) in [5.74, 6) is 0.761. The summed E-state index contributed by atoms with van der Waals surface area (Å²) in [5.41, 5.74) is -0.258. The molecule has 1 aromatic carbocycles. The van der Waals surface area contributed by atoms with E-state index < -0.39 is 0 Å². The average molecular weight is 243 g/mol. The van der Waals surface area contributed by atoms with Crippen LogP contribution in [0.1, 0.15) is 20.8 Å². The molecule has 0 unspecified atom stereocenters. The Morgan fingerprint density at radius 3 is 2.60 bits per heavy atom. The van der Waals surface area contributed by atoms with E-state index in [-0.39, 0.29) is 11.2 Å². The Labute approximate surface area is 100 Å². The molecule has 0 saturated heterocycles. The van der Waals surface area contributed by atoms with Gasteiger partial charge in [0, 0.05) is 15.3 Å². The van der Waals surface area contributed by atoms with Crippen LogP contribution in [0.15, 0.2) is 29.2 Å². The minimum atomic E-state index is -0.258. The van der Waals surface area contributed by atoms with Gasteiger partial charge in [-0.25, -0.2) is 0 Å². The monoisotopic (exact) mass is 242 g/mol. The Hall–Kier alpha value is -0.470. The number of ketones is 1. The van der Waals surface area contributed by atoms with Gasteiger partial charge < -0.3 is 0 Å². The van der Waals surface area contributed by atoms with Crippen LogP contribution < -0.4 is 0 Å². The number of rotatable bonds is 3. The van der Waals surface area contributed by atoms with E-state index in [0.29, 0.717) is 10.8 Å². The van der Waals surface area contributed by atoms with Gasteiger partial charge in [-0.05, 0) is 18.2 Å². The van der Waals surface area contributed by atoms with Crippen LogP contribution in [0.5, 0.6) is 0 Å². The van der Waals surface area contributed by atoms with Gasteiger partial charge >= 0.3 is 0 Å². The summed E-state index contributed by atoms with van der Waals surface area (Å²) in [5, 5.41) is 0.711. The number of Topliss-reactive ketones (excluding diaryl/α,β-unsaturated/α-hetero) is 1. The first-order chi connectivity index (χ1) is 6.89. The van der Waals surface area contributed by atoms with Gasteiger partial charge in [-0.1, -0.05) is 38.4 Å². The van der Waals surface area contributed by atoms with Gasteiger partial charge in [-0.2, -0.15) is 0 Å². The highest BCUT2D eigenvalue weighted by atomic mass is 35.5. The fourth-order valence-corrected chi connectivity index (χ4v) is 2.29. The standard InChI is InChI=1S/C12H15ClOS/c1-12(2,3)11(14)8-15-10-6-4-5-9(13)7-10/h4-7H,8H2,1-3H3. The zero-order chi connectivity index (χ0) is 11.5. The van der Waals surface area contributed by atoms with Gasteiger partial charge in [0.25, 0.3) is 0 Å². The van der Waals surface area contributed by atoms with Crippen LogP contribution >= 0.6 is 23.4 Å². The fourth-order valence-electron chi connectivity index (χ4n) is 0.922. The molecular formula is C12H15ClOS. The molecule has 0 aliphatic rings. The summed E-state index contributed by atoms with van der Waals surface area (Å²) in [6.07, 6.45) is 0. The largest absolute Gasteiger partial charge is 0.298 e. The second-order valence-electron chi connectivity index (χ2n) is 4.42. The zero-order valence-corrected chi connectivity index (χ0v) is 10.8. The van der Waals surface area contributed by atoms with Crippen molar-refractivity contribution in [2.24, 2.45) is 5.41 Å². The molecule has 0 atom stereocenters. The van der Waals surface area contributed by atoms with E-state index in [0.717, 1.165) is 4.90 Å². The Balaban J connectivity index is 2.55. The highest BCUT2D eigenvalue weighted by Crippen LogP contribution is 2.25. The Bertz CT molecular complexity index is 355. The van der Waals surface area contributed by atoms with Gasteiger partial charge in [-0.15, -0.1) is 11.8 Å². The molecule has 0 spiro atoms. The van der Waals surface area contributed by atoms with Gasteiger partial charge in [0.05, 0.1) is 5.75 Å². The predicted molar refractivity (Wildman–Crippen MR) is 66.6 cm³/mol. The lowest BCUT2D eigenvalue weighted by molar-refractivity contribution is -0.123. The lowest BCUT2D eigenvalue weighted by Gasteiger charge is -2.15. The van der Waals surface area contributed by atoms with Crippen molar-refractivity contribution >= 4 is 29.1 Å². The number of carbonyl (C=O) groups is 1. The molecule has 0 aliphatic heterocycles. The molecule has 82 valence electrons. The smallest absolute Gasteiger partial charge is 0.148 e. The van der Waals surface area contributed by atoms with Crippen LogP contribution in [0.25, 0.3) is 0 Å². The summed E-state index contributed by atoms with van der Waals surface area (Å²) < 4.78 is 0. The molecule has 3 heteroatoms. The Morgan fingerprint density at radius 2 is 2.07 bits per heavy atom. The molecule has 15 heavy (non-hydrogen) atoms. The molecule has 0 amide bonds. The third kappa shape index (κ3) is 4.27. The van der Waals surface area contributed by atoms with E-state index in [1.54, 1.807) is 0 Å². The lowest BCUT2D eigenvalue weighted by atomic mass is 9.92. The first-order valence-corrected chi connectivity index (χ1v) is 6.17. The molecule has 1 aromatic rings. The number of carbonyl (C=O) groups excluding carboxylic acids is 1. The van der Waals surface area contributed by atoms with Crippen LogP contribution in [-0.4, -0.2) is 11.5 Å². The number of benzene rings is 1. The quantitative estimate of drug-likeness (QED) is 0.744. The third-order valence-electron chi connectivity index (χ3n) is 2.00. The molecule has 0 fully saturated rings. The Kier molecular flexibility index (Phi) is 4.23. The van der Waals surface area contributed by atoms with Crippen molar-refractivity contribution in [1.82, 2.24) is 0 Å². The van der Waals surface area contributed by atoms with Crippen LogP contribution in [0.2, 0.25) is 5.02 Å². The van der Waals surface area contributed by atoms with Gasteiger partial charge in [0.15, 0.2) is 0 Å². The molecule has 0 saturated carbocycles. The molecule has 0 radical (unpaired) electrons. The summed E-state index contributed by atoms with van der Waals surface area (Å²) in [6, 6.07) is 7.57. The molecule has 0 aliphatic carbocycles. The first kappa shape index (κ1) is 12.6. The minimum absolute atomic E-state index is 0.257. The third-order valence-corrected chi connectivity index (χ3v) is 3.23. The predicted octanol–water partition coefficient (Wildman–Crippen LogP) is 4.05. The molecule has 1 rings (SSSR count). The highest BCUT2D eigenvalue weighted by Gasteiger charge is 2.20. The topological polar surface area (TPSA) is 17.1 Å². The van der Waals surface area contributed by atoms with Crippen molar-refractivity contribution < 1.29 is 4.79 Å². The molecule has 0 heterocycles. The van der Waals surface area contributed by atoms with E-state index in [1.807, 2.05) is 45.0 Å². The van der Waals surface area contributed by atoms with Crippen molar-refractivity contribution in [1.29, 1.82) is 0 Å². The SMILES string of the molecule is CC(C)(C)C(=O)CSc1cccc(Cl)c1. The van der Waals surface area contributed by atoms with Crippen molar-refractivity contribution in [2.75, 3.05) is 5.75 Å². The van der Waals surface area contributed by atoms with Gasteiger partial charge in [0.2, 0.25) is 0 Å². The number of hydrogen-bond donors (Lipinski definition) is 0. The van der Waals surface area contributed by atoms with Crippen molar-refractivity contribution in [3.63, 3.8) is 0 Å². The average Bonchev–Trinajstić information content (AvgIpc) is 2.12. The van der Waals surface area contributed by atoms with Gasteiger partial charge in [-0.3, -0.25) is 4.79 Å². The highest BCUT2D eigenvalue weighted by molar-refractivity contribution is 8.00. The molecular weight excluding hydrogens is 228 g/mol. The maximum atomic E-state index is 11.7. The van der Waals surface area contributed by atoms with E-state index >= 15 is 0 Å².